The van der Waals surface area contributed by atoms with Crippen LogP contribution < -0.4 is 5.01 Å². The molecule has 0 bridgehead atoms. The lowest BCUT2D eigenvalue weighted by Crippen LogP contribution is -2.22. The number of carbonyl (C=O) groups excluding carboxylic acids is 1. The molecule has 2 aromatic rings. The standard InChI is InChI=1S/C15H10F3N3O2/c16-15(17,18)12-6-3-7-13(19-12)21-14(23)8-10(20-21)9-4-1-2-5-11(9)22/h1-7,22H,8H2. The SMILES string of the molecule is O=C1CC(c2ccccc2O)=NN1c1cccc(C(F)(F)F)n1. The highest BCUT2D eigenvalue weighted by Crippen LogP contribution is 2.30. The smallest absolute Gasteiger partial charge is 0.433 e. The topological polar surface area (TPSA) is 65.8 Å². The van der Waals surface area contributed by atoms with Crippen molar-refractivity contribution in [1.82, 2.24) is 4.98 Å². The normalized spacial score (nSPS) is 15.0. The number of hydrogen-bond acceptors (Lipinski definition) is 4. The van der Waals surface area contributed by atoms with Crippen LogP contribution in [-0.2, 0) is 11.0 Å². The Morgan fingerprint density at radius 3 is 2.52 bits per heavy atom. The number of pyridine rings is 1. The van der Waals surface area contributed by atoms with Crippen LogP contribution in [-0.4, -0.2) is 21.7 Å². The van der Waals surface area contributed by atoms with Gasteiger partial charge in [-0.3, -0.25) is 4.79 Å². The number of aromatic nitrogens is 1. The van der Waals surface area contributed by atoms with E-state index in [4.69, 9.17) is 0 Å². The number of benzene rings is 1. The lowest BCUT2D eigenvalue weighted by Gasteiger charge is -2.12. The molecule has 0 spiro atoms. The van der Waals surface area contributed by atoms with E-state index in [0.29, 0.717) is 5.56 Å². The molecule has 0 radical (unpaired) electrons. The van der Waals surface area contributed by atoms with Gasteiger partial charge in [0.2, 0.25) is 0 Å². The van der Waals surface area contributed by atoms with Crippen molar-refractivity contribution in [3.05, 3.63) is 53.7 Å². The van der Waals surface area contributed by atoms with Crippen molar-refractivity contribution in [2.45, 2.75) is 12.6 Å². The summed E-state index contributed by atoms with van der Waals surface area (Å²) < 4.78 is 38.1. The summed E-state index contributed by atoms with van der Waals surface area (Å²) in [5, 5.41) is 14.6. The average Bonchev–Trinajstić information content (AvgIpc) is 2.89. The first-order valence-corrected chi connectivity index (χ1v) is 6.59. The van der Waals surface area contributed by atoms with Gasteiger partial charge in [0.1, 0.15) is 11.4 Å². The minimum atomic E-state index is -4.61. The van der Waals surface area contributed by atoms with Crippen LogP contribution in [0.5, 0.6) is 5.75 Å². The zero-order chi connectivity index (χ0) is 16.6. The van der Waals surface area contributed by atoms with Gasteiger partial charge < -0.3 is 5.11 Å². The lowest BCUT2D eigenvalue weighted by molar-refractivity contribution is -0.141. The van der Waals surface area contributed by atoms with E-state index >= 15 is 0 Å². The minimum absolute atomic E-state index is 0.0575. The number of amides is 1. The summed E-state index contributed by atoms with van der Waals surface area (Å²) in [6, 6.07) is 9.53. The summed E-state index contributed by atoms with van der Waals surface area (Å²) in [5.74, 6) is -0.789. The molecule has 1 aliphatic heterocycles. The molecule has 2 heterocycles. The van der Waals surface area contributed by atoms with Gasteiger partial charge in [-0.25, -0.2) is 4.98 Å². The predicted octanol–water partition coefficient (Wildman–Crippen LogP) is 2.95. The van der Waals surface area contributed by atoms with Crippen LogP contribution in [0.15, 0.2) is 47.6 Å². The summed E-state index contributed by atoms with van der Waals surface area (Å²) in [6.45, 7) is 0. The maximum atomic E-state index is 12.7. The highest BCUT2D eigenvalue weighted by atomic mass is 19.4. The third kappa shape index (κ3) is 2.87. The van der Waals surface area contributed by atoms with Crippen LogP contribution in [0.2, 0.25) is 0 Å². The van der Waals surface area contributed by atoms with Gasteiger partial charge in [0.05, 0.1) is 12.1 Å². The number of phenols is 1. The fourth-order valence-electron chi connectivity index (χ4n) is 2.17. The van der Waals surface area contributed by atoms with Crippen molar-refractivity contribution >= 4 is 17.4 Å². The first-order chi connectivity index (χ1) is 10.9. The molecular formula is C15H10F3N3O2. The molecule has 1 aromatic heterocycles. The Bertz CT molecular complexity index is 803. The Kier molecular flexibility index (Phi) is 3.51. The second-order valence-corrected chi connectivity index (χ2v) is 4.82. The number of hydrogen-bond donors (Lipinski definition) is 1. The summed E-state index contributed by atoms with van der Waals surface area (Å²) in [6.07, 6.45) is -4.74. The van der Waals surface area contributed by atoms with Gasteiger partial charge in [0.15, 0.2) is 5.82 Å². The summed E-state index contributed by atoms with van der Waals surface area (Å²) in [7, 11) is 0. The summed E-state index contributed by atoms with van der Waals surface area (Å²) >= 11 is 0. The minimum Gasteiger partial charge on any atom is -0.507 e. The van der Waals surface area contributed by atoms with Crippen LogP contribution in [0.25, 0.3) is 0 Å². The number of phenolic OH excluding ortho intramolecular Hbond substituents is 1. The molecule has 1 N–H and O–H groups in total. The van der Waals surface area contributed by atoms with E-state index in [1.165, 1.54) is 12.1 Å². The van der Waals surface area contributed by atoms with E-state index in [9.17, 15) is 23.1 Å². The Labute approximate surface area is 128 Å². The average molecular weight is 321 g/mol. The second-order valence-electron chi connectivity index (χ2n) is 4.82. The summed E-state index contributed by atoms with van der Waals surface area (Å²) in [4.78, 5) is 15.5. The maximum Gasteiger partial charge on any atom is 0.433 e. The molecule has 1 aliphatic rings. The second kappa shape index (κ2) is 5.38. The van der Waals surface area contributed by atoms with Gasteiger partial charge in [0, 0.05) is 5.56 Å². The van der Waals surface area contributed by atoms with Gasteiger partial charge in [-0.1, -0.05) is 18.2 Å². The molecule has 118 valence electrons. The van der Waals surface area contributed by atoms with E-state index in [0.717, 1.165) is 17.1 Å². The predicted molar refractivity (Wildman–Crippen MR) is 76.0 cm³/mol. The molecule has 0 saturated heterocycles. The monoisotopic (exact) mass is 321 g/mol. The van der Waals surface area contributed by atoms with Gasteiger partial charge in [-0.2, -0.15) is 23.3 Å². The first-order valence-electron chi connectivity index (χ1n) is 6.59. The highest BCUT2D eigenvalue weighted by molar-refractivity contribution is 6.19. The number of para-hydroxylation sites is 1. The largest absolute Gasteiger partial charge is 0.507 e. The van der Waals surface area contributed by atoms with Crippen molar-refractivity contribution < 1.29 is 23.1 Å². The number of halogens is 3. The Morgan fingerprint density at radius 2 is 1.83 bits per heavy atom. The van der Waals surface area contributed by atoms with E-state index in [2.05, 4.69) is 10.1 Å². The molecule has 5 nitrogen and oxygen atoms in total. The number of carbonyl (C=O) groups is 1. The zero-order valence-electron chi connectivity index (χ0n) is 11.6. The molecule has 0 saturated carbocycles. The highest BCUT2D eigenvalue weighted by Gasteiger charge is 2.34. The number of nitrogens with zero attached hydrogens (tertiary/aromatic N) is 3. The van der Waals surface area contributed by atoms with Crippen molar-refractivity contribution in [1.29, 1.82) is 0 Å². The Balaban J connectivity index is 1.98. The van der Waals surface area contributed by atoms with Crippen molar-refractivity contribution in [3.63, 3.8) is 0 Å². The van der Waals surface area contributed by atoms with Crippen molar-refractivity contribution in [2.75, 3.05) is 5.01 Å². The fraction of sp³-hybridized carbons (Fsp3) is 0.133. The van der Waals surface area contributed by atoms with Crippen LogP contribution >= 0.6 is 0 Å². The molecule has 0 aliphatic carbocycles. The molecular weight excluding hydrogens is 311 g/mol. The van der Waals surface area contributed by atoms with E-state index in [1.54, 1.807) is 18.2 Å². The number of anilines is 1. The van der Waals surface area contributed by atoms with Crippen molar-refractivity contribution in [2.24, 2.45) is 5.10 Å². The van der Waals surface area contributed by atoms with E-state index in [1.807, 2.05) is 0 Å². The molecule has 23 heavy (non-hydrogen) atoms. The zero-order valence-corrected chi connectivity index (χ0v) is 11.6. The van der Waals surface area contributed by atoms with Crippen LogP contribution in [0, 0.1) is 0 Å². The molecule has 1 amide bonds. The first kappa shape index (κ1) is 15.0. The fourth-order valence-corrected chi connectivity index (χ4v) is 2.17. The molecule has 0 unspecified atom stereocenters. The van der Waals surface area contributed by atoms with Crippen LogP contribution in [0.3, 0.4) is 0 Å². The number of rotatable bonds is 2. The third-order valence-corrected chi connectivity index (χ3v) is 3.23. The van der Waals surface area contributed by atoms with Crippen LogP contribution in [0.4, 0.5) is 19.0 Å². The number of alkyl halides is 3. The molecule has 8 heteroatoms. The number of aromatic hydroxyl groups is 1. The summed E-state index contributed by atoms with van der Waals surface area (Å²) in [5.41, 5.74) is -0.475. The Morgan fingerprint density at radius 1 is 1.09 bits per heavy atom. The van der Waals surface area contributed by atoms with Crippen LogP contribution in [0.1, 0.15) is 17.7 Å². The van der Waals surface area contributed by atoms with Gasteiger partial charge in [-0.05, 0) is 24.3 Å². The van der Waals surface area contributed by atoms with E-state index in [-0.39, 0.29) is 23.7 Å². The third-order valence-electron chi connectivity index (χ3n) is 3.23. The lowest BCUT2D eigenvalue weighted by atomic mass is 10.1. The van der Waals surface area contributed by atoms with Gasteiger partial charge in [0.25, 0.3) is 5.91 Å². The number of hydrazone groups is 1. The van der Waals surface area contributed by atoms with Crippen molar-refractivity contribution in [3.8, 4) is 5.75 Å². The van der Waals surface area contributed by atoms with E-state index < -0.39 is 17.8 Å². The van der Waals surface area contributed by atoms with Gasteiger partial charge >= 0.3 is 6.18 Å². The maximum absolute atomic E-state index is 12.7. The molecule has 3 rings (SSSR count). The molecule has 0 fully saturated rings. The molecule has 0 atom stereocenters. The quantitative estimate of drug-likeness (QED) is 0.925. The Hall–Kier alpha value is -2.90. The molecule has 1 aromatic carbocycles. The van der Waals surface area contributed by atoms with Gasteiger partial charge in [-0.15, -0.1) is 0 Å².